The van der Waals surface area contributed by atoms with Gasteiger partial charge in [0.2, 0.25) is 0 Å². The minimum atomic E-state index is -0.431. The van der Waals surface area contributed by atoms with E-state index in [0.29, 0.717) is 22.6 Å². The number of ether oxygens (including phenoxy) is 2. The lowest BCUT2D eigenvalue weighted by Gasteiger charge is -2.14. The number of carbonyl (C=O) groups is 1. The van der Waals surface area contributed by atoms with Crippen molar-refractivity contribution in [2.75, 3.05) is 20.0 Å². The van der Waals surface area contributed by atoms with Gasteiger partial charge in [0.15, 0.2) is 0 Å². The van der Waals surface area contributed by atoms with E-state index in [1.165, 1.54) is 14.2 Å². The number of esters is 1. The Hall–Kier alpha value is -1.71. The topological polar surface area (TPSA) is 61.5 Å². The van der Waals surface area contributed by atoms with Crippen LogP contribution in [0.5, 0.6) is 5.75 Å². The summed E-state index contributed by atoms with van der Waals surface area (Å²) in [4.78, 5) is 11.6. The molecule has 0 aliphatic heterocycles. The zero-order chi connectivity index (χ0) is 11.6. The molecule has 0 radical (unpaired) electrons. The molecule has 1 rings (SSSR count). The van der Waals surface area contributed by atoms with Gasteiger partial charge in [-0.05, 0) is 31.0 Å². The normalized spacial score (nSPS) is 9.87. The van der Waals surface area contributed by atoms with E-state index < -0.39 is 5.97 Å². The molecule has 2 N–H and O–H groups in total. The van der Waals surface area contributed by atoms with Crippen LogP contribution in [0.1, 0.15) is 21.5 Å². The molecule has 0 bridgehead atoms. The minimum Gasteiger partial charge on any atom is -0.496 e. The van der Waals surface area contributed by atoms with Gasteiger partial charge in [-0.25, -0.2) is 4.79 Å². The van der Waals surface area contributed by atoms with E-state index >= 15 is 0 Å². The highest BCUT2D eigenvalue weighted by molar-refractivity contribution is 5.96. The molecule has 0 saturated carbocycles. The number of hydrogen-bond donors (Lipinski definition) is 1. The van der Waals surface area contributed by atoms with Crippen molar-refractivity contribution in [3.63, 3.8) is 0 Å². The van der Waals surface area contributed by atoms with Gasteiger partial charge in [0, 0.05) is 5.69 Å². The van der Waals surface area contributed by atoms with Gasteiger partial charge in [0.1, 0.15) is 11.3 Å². The van der Waals surface area contributed by atoms with Crippen LogP contribution in [0.3, 0.4) is 0 Å². The van der Waals surface area contributed by atoms with Crippen LogP contribution >= 0.6 is 0 Å². The molecule has 0 aromatic heterocycles. The Morgan fingerprint density at radius 2 is 1.93 bits per heavy atom. The summed E-state index contributed by atoms with van der Waals surface area (Å²) in [7, 11) is 2.85. The molecule has 0 unspecified atom stereocenters. The molecule has 0 heterocycles. The van der Waals surface area contributed by atoms with Crippen molar-refractivity contribution in [3.8, 4) is 5.75 Å². The molecule has 82 valence electrons. The van der Waals surface area contributed by atoms with Gasteiger partial charge in [0.25, 0.3) is 0 Å². The molecule has 0 saturated heterocycles. The summed E-state index contributed by atoms with van der Waals surface area (Å²) in [5, 5.41) is 0. The van der Waals surface area contributed by atoms with Gasteiger partial charge in [0.05, 0.1) is 14.2 Å². The van der Waals surface area contributed by atoms with Crippen molar-refractivity contribution in [3.05, 3.63) is 22.8 Å². The zero-order valence-corrected chi connectivity index (χ0v) is 9.38. The van der Waals surface area contributed by atoms with E-state index in [2.05, 4.69) is 0 Å². The molecule has 0 amide bonds. The number of nitrogens with two attached hydrogens (primary N) is 1. The van der Waals surface area contributed by atoms with E-state index in [-0.39, 0.29) is 0 Å². The number of anilines is 1. The predicted molar refractivity (Wildman–Crippen MR) is 58.2 cm³/mol. The first-order valence-corrected chi connectivity index (χ1v) is 4.54. The van der Waals surface area contributed by atoms with Crippen molar-refractivity contribution in [1.82, 2.24) is 0 Å². The van der Waals surface area contributed by atoms with Crippen LogP contribution < -0.4 is 10.5 Å². The third-order valence-corrected chi connectivity index (χ3v) is 2.36. The van der Waals surface area contributed by atoms with Gasteiger partial charge in [-0.2, -0.15) is 0 Å². The predicted octanol–water partition coefficient (Wildman–Crippen LogP) is 1.68. The molecule has 1 aromatic carbocycles. The molecule has 0 aliphatic rings. The zero-order valence-electron chi connectivity index (χ0n) is 9.38. The highest BCUT2D eigenvalue weighted by Crippen LogP contribution is 2.31. The molecule has 0 spiro atoms. The summed E-state index contributed by atoms with van der Waals surface area (Å²) in [6, 6.07) is 1.78. The molecule has 4 nitrogen and oxygen atoms in total. The van der Waals surface area contributed by atoms with E-state index in [4.69, 9.17) is 15.2 Å². The number of hydrogen-bond acceptors (Lipinski definition) is 4. The van der Waals surface area contributed by atoms with Gasteiger partial charge in [-0.15, -0.1) is 0 Å². The smallest absolute Gasteiger partial charge is 0.342 e. The number of rotatable bonds is 2. The number of methoxy groups -OCH3 is 2. The first kappa shape index (κ1) is 11.4. The fraction of sp³-hybridized carbons (Fsp3) is 0.364. The van der Waals surface area contributed by atoms with Crippen molar-refractivity contribution in [1.29, 1.82) is 0 Å². The van der Waals surface area contributed by atoms with Crippen LogP contribution in [0.25, 0.3) is 0 Å². The fourth-order valence-electron chi connectivity index (χ4n) is 1.53. The second-order valence-electron chi connectivity index (χ2n) is 3.31. The Morgan fingerprint density at radius 1 is 1.33 bits per heavy atom. The highest BCUT2D eigenvalue weighted by atomic mass is 16.5. The van der Waals surface area contributed by atoms with Crippen molar-refractivity contribution in [2.45, 2.75) is 13.8 Å². The van der Waals surface area contributed by atoms with E-state index in [1.807, 2.05) is 6.92 Å². The highest BCUT2D eigenvalue weighted by Gasteiger charge is 2.19. The Bertz CT molecular complexity index is 399. The van der Waals surface area contributed by atoms with Crippen molar-refractivity contribution < 1.29 is 14.3 Å². The lowest BCUT2D eigenvalue weighted by atomic mass is 10.0. The Labute approximate surface area is 89.0 Å². The summed E-state index contributed by atoms with van der Waals surface area (Å²) in [6.07, 6.45) is 0. The summed E-state index contributed by atoms with van der Waals surface area (Å²) in [5.74, 6) is 0.0910. The standard InChI is InChI=1S/C11H15NO3/c1-6-5-8(12)7(2)9(10(6)14-3)11(13)15-4/h5H,12H2,1-4H3. The molecule has 1 aromatic rings. The van der Waals surface area contributed by atoms with Crippen LogP contribution in [-0.4, -0.2) is 20.2 Å². The molecule has 0 fully saturated rings. The average Bonchev–Trinajstić information content (AvgIpc) is 2.21. The maximum atomic E-state index is 11.6. The Morgan fingerprint density at radius 3 is 2.40 bits per heavy atom. The molecule has 4 heteroatoms. The summed E-state index contributed by atoms with van der Waals surface area (Å²) in [6.45, 7) is 3.60. The van der Waals surface area contributed by atoms with E-state index in [1.54, 1.807) is 13.0 Å². The van der Waals surface area contributed by atoms with Gasteiger partial charge >= 0.3 is 5.97 Å². The summed E-state index contributed by atoms with van der Waals surface area (Å²) < 4.78 is 9.87. The number of nitrogen functional groups attached to an aromatic ring is 1. The van der Waals surface area contributed by atoms with Gasteiger partial charge in [-0.1, -0.05) is 0 Å². The second kappa shape index (κ2) is 4.21. The Kier molecular flexibility index (Phi) is 3.19. The van der Waals surface area contributed by atoms with Crippen molar-refractivity contribution in [2.24, 2.45) is 0 Å². The SMILES string of the molecule is COC(=O)c1c(C)c(N)cc(C)c1OC. The average molecular weight is 209 g/mol. The van der Waals surface area contributed by atoms with E-state index in [9.17, 15) is 4.79 Å². The number of aryl methyl sites for hydroxylation is 1. The van der Waals surface area contributed by atoms with Crippen LogP contribution in [0.15, 0.2) is 6.07 Å². The monoisotopic (exact) mass is 209 g/mol. The second-order valence-corrected chi connectivity index (χ2v) is 3.31. The third-order valence-electron chi connectivity index (χ3n) is 2.36. The van der Waals surface area contributed by atoms with E-state index in [0.717, 1.165) is 5.56 Å². The first-order chi connectivity index (χ1) is 7.02. The maximum Gasteiger partial charge on any atom is 0.342 e. The number of benzene rings is 1. The maximum absolute atomic E-state index is 11.6. The van der Waals surface area contributed by atoms with Crippen LogP contribution in [-0.2, 0) is 4.74 Å². The lowest BCUT2D eigenvalue weighted by Crippen LogP contribution is -2.09. The summed E-state index contributed by atoms with van der Waals surface area (Å²) in [5.41, 5.74) is 8.24. The van der Waals surface area contributed by atoms with Crippen LogP contribution in [0.4, 0.5) is 5.69 Å². The largest absolute Gasteiger partial charge is 0.496 e. The van der Waals surface area contributed by atoms with Crippen LogP contribution in [0.2, 0.25) is 0 Å². The molecular formula is C11H15NO3. The fourth-order valence-corrected chi connectivity index (χ4v) is 1.53. The summed E-state index contributed by atoms with van der Waals surface area (Å²) >= 11 is 0. The first-order valence-electron chi connectivity index (χ1n) is 4.54. The van der Waals surface area contributed by atoms with Gasteiger partial charge < -0.3 is 15.2 Å². The lowest BCUT2D eigenvalue weighted by molar-refractivity contribution is 0.0596. The quantitative estimate of drug-likeness (QED) is 0.594. The third kappa shape index (κ3) is 1.88. The molecule has 0 atom stereocenters. The Balaban J connectivity index is 3.50. The minimum absolute atomic E-state index is 0.400. The van der Waals surface area contributed by atoms with Crippen LogP contribution in [0, 0.1) is 13.8 Å². The molecule has 15 heavy (non-hydrogen) atoms. The molecular weight excluding hydrogens is 194 g/mol. The molecule has 0 aliphatic carbocycles. The van der Waals surface area contributed by atoms with Gasteiger partial charge in [-0.3, -0.25) is 0 Å². The van der Waals surface area contributed by atoms with Crippen molar-refractivity contribution >= 4 is 11.7 Å². The number of carbonyl (C=O) groups excluding carboxylic acids is 1.